The van der Waals surface area contributed by atoms with E-state index in [9.17, 15) is 0 Å². The molecule has 2 aromatic heterocycles. The van der Waals surface area contributed by atoms with Gasteiger partial charge < -0.3 is 9.84 Å². The number of aryl methyl sites for hydroxylation is 2. The summed E-state index contributed by atoms with van der Waals surface area (Å²) in [5.41, 5.74) is 2.62. The van der Waals surface area contributed by atoms with Crippen molar-refractivity contribution in [3.8, 4) is 11.4 Å². The van der Waals surface area contributed by atoms with Gasteiger partial charge in [-0.2, -0.15) is 5.10 Å². The van der Waals surface area contributed by atoms with Gasteiger partial charge in [0.1, 0.15) is 22.3 Å². The van der Waals surface area contributed by atoms with E-state index < -0.39 is 0 Å². The molecule has 1 fully saturated rings. The third-order valence-corrected chi connectivity index (χ3v) is 5.70. The third-order valence-electron chi connectivity index (χ3n) is 5.23. The Hall–Kier alpha value is -1.37. The summed E-state index contributed by atoms with van der Waals surface area (Å²) in [5, 5.41) is 13.2. The molecule has 0 bridgehead atoms. The number of halogens is 1. The van der Waals surface area contributed by atoms with Crippen LogP contribution in [0.1, 0.15) is 50.9 Å². The van der Waals surface area contributed by atoms with Crippen LogP contribution in [0.4, 0.5) is 0 Å². The van der Waals surface area contributed by atoms with Gasteiger partial charge in [-0.3, -0.25) is 9.58 Å². The van der Waals surface area contributed by atoms with Gasteiger partial charge in [0.15, 0.2) is 0 Å². The zero-order chi connectivity index (χ0) is 19.4. The molecular weight excluding hydrogens is 362 g/mol. The molecule has 0 saturated carbocycles. The third kappa shape index (κ3) is 5.33. The summed E-state index contributed by atoms with van der Waals surface area (Å²) >= 11 is 6.59. The van der Waals surface area contributed by atoms with Gasteiger partial charge in [0.2, 0.25) is 0 Å². The van der Waals surface area contributed by atoms with Crippen molar-refractivity contribution in [1.29, 1.82) is 0 Å². The summed E-state index contributed by atoms with van der Waals surface area (Å²) in [5.74, 6) is 1.52. The van der Waals surface area contributed by atoms with Gasteiger partial charge >= 0.3 is 0 Å². The Morgan fingerprint density at radius 1 is 1.37 bits per heavy atom. The van der Waals surface area contributed by atoms with E-state index in [1.807, 2.05) is 20.0 Å². The molecule has 0 spiro atoms. The zero-order valence-electron chi connectivity index (χ0n) is 17.0. The lowest BCUT2D eigenvalue weighted by Crippen LogP contribution is -2.40. The van der Waals surface area contributed by atoms with E-state index in [2.05, 4.69) is 34.3 Å². The predicted molar refractivity (Wildman–Crippen MR) is 109 cm³/mol. The van der Waals surface area contributed by atoms with E-state index in [1.165, 1.54) is 25.7 Å². The minimum absolute atomic E-state index is 0.541. The SMILES string of the molecule is Cc1cc(-c2nn(C)c(Cl)c2CN2CCCCC(NCCC(C)C)C2)no1. The van der Waals surface area contributed by atoms with Crippen LogP contribution < -0.4 is 5.32 Å². The summed E-state index contributed by atoms with van der Waals surface area (Å²) in [7, 11) is 1.88. The Kier molecular flexibility index (Phi) is 6.95. The highest BCUT2D eigenvalue weighted by Gasteiger charge is 2.24. The molecule has 1 atom stereocenters. The first-order chi connectivity index (χ1) is 12.9. The highest BCUT2D eigenvalue weighted by atomic mass is 35.5. The number of aromatic nitrogens is 3. The van der Waals surface area contributed by atoms with Gasteiger partial charge in [-0.1, -0.05) is 37.0 Å². The van der Waals surface area contributed by atoms with Crippen LogP contribution in [0.5, 0.6) is 0 Å². The molecule has 0 aliphatic carbocycles. The minimum atomic E-state index is 0.541. The molecule has 150 valence electrons. The lowest BCUT2D eigenvalue weighted by atomic mass is 10.1. The van der Waals surface area contributed by atoms with Gasteiger partial charge in [0, 0.05) is 37.8 Å². The van der Waals surface area contributed by atoms with Crippen LogP contribution >= 0.6 is 11.6 Å². The number of hydrogen-bond donors (Lipinski definition) is 1. The quantitative estimate of drug-likeness (QED) is 0.769. The molecule has 0 radical (unpaired) electrons. The fraction of sp³-hybridized carbons (Fsp3) is 0.700. The van der Waals surface area contributed by atoms with Crippen molar-refractivity contribution < 1.29 is 4.52 Å². The van der Waals surface area contributed by atoms with Gasteiger partial charge in [-0.05, 0) is 45.2 Å². The normalized spacial score (nSPS) is 19.0. The van der Waals surface area contributed by atoms with E-state index in [4.69, 9.17) is 16.1 Å². The summed E-state index contributed by atoms with van der Waals surface area (Å²) in [6.07, 6.45) is 4.95. The molecule has 1 unspecified atom stereocenters. The maximum atomic E-state index is 6.59. The van der Waals surface area contributed by atoms with E-state index in [0.717, 1.165) is 54.8 Å². The van der Waals surface area contributed by atoms with Gasteiger partial charge in [0.05, 0.1) is 0 Å². The first kappa shape index (κ1) is 20.4. The first-order valence-electron chi connectivity index (χ1n) is 10.0. The Morgan fingerprint density at radius 2 is 2.19 bits per heavy atom. The van der Waals surface area contributed by atoms with Crippen LogP contribution in [0.3, 0.4) is 0 Å². The number of nitrogens with one attached hydrogen (secondary N) is 1. The van der Waals surface area contributed by atoms with Crippen molar-refractivity contribution in [2.24, 2.45) is 13.0 Å². The Morgan fingerprint density at radius 3 is 2.89 bits per heavy atom. The lowest BCUT2D eigenvalue weighted by molar-refractivity contribution is 0.250. The molecule has 2 aromatic rings. The second-order valence-corrected chi connectivity index (χ2v) is 8.49. The van der Waals surface area contributed by atoms with Crippen molar-refractivity contribution >= 4 is 11.6 Å². The first-order valence-corrected chi connectivity index (χ1v) is 10.4. The van der Waals surface area contributed by atoms with Crippen LogP contribution in [-0.4, -0.2) is 45.5 Å². The molecule has 6 nitrogen and oxygen atoms in total. The maximum Gasteiger partial charge on any atom is 0.134 e. The second kappa shape index (κ2) is 9.22. The Balaban J connectivity index is 1.72. The zero-order valence-corrected chi connectivity index (χ0v) is 17.7. The average Bonchev–Trinajstić information content (AvgIpc) is 3.06. The highest BCUT2D eigenvalue weighted by molar-refractivity contribution is 6.30. The standard InChI is InChI=1S/C20H32ClN5O/c1-14(2)8-9-22-16-7-5-6-10-26(12-16)13-17-19(23-25(4)20(17)21)18-11-15(3)27-24-18/h11,14,16,22H,5-10,12-13H2,1-4H3. The van der Waals surface area contributed by atoms with Gasteiger partial charge in [0.25, 0.3) is 0 Å². The Bertz CT molecular complexity index is 739. The largest absolute Gasteiger partial charge is 0.361 e. The molecule has 7 heteroatoms. The maximum absolute atomic E-state index is 6.59. The molecule has 1 N–H and O–H groups in total. The van der Waals surface area contributed by atoms with E-state index in [1.54, 1.807) is 4.68 Å². The highest BCUT2D eigenvalue weighted by Crippen LogP contribution is 2.30. The molecule has 0 aromatic carbocycles. The molecule has 1 aliphatic heterocycles. The molecule has 3 rings (SSSR count). The van der Waals surface area contributed by atoms with Gasteiger partial charge in [-0.15, -0.1) is 0 Å². The van der Waals surface area contributed by atoms with Crippen LogP contribution in [0, 0.1) is 12.8 Å². The smallest absolute Gasteiger partial charge is 0.134 e. The van der Waals surface area contributed by atoms with Crippen molar-refractivity contribution in [2.75, 3.05) is 19.6 Å². The molecule has 1 aliphatic rings. The van der Waals surface area contributed by atoms with E-state index in [0.29, 0.717) is 11.2 Å². The van der Waals surface area contributed by atoms with Crippen LogP contribution in [0.2, 0.25) is 5.15 Å². The van der Waals surface area contributed by atoms with Crippen molar-refractivity contribution in [2.45, 2.75) is 59.0 Å². The summed E-state index contributed by atoms with van der Waals surface area (Å²) in [4.78, 5) is 2.50. The number of nitrogens with zero attached hydrogens (tertiary/aromatic N) is 4. The fourth-order valence-electron chi connectivity index (χ4n) is 3.70. The molecule has 27 heavy (non-hydrogen) atoms. The number of likely N-dealkylation sites (tertiary alicyclic amines) is 1. The predicted octanol–water partition coefficient (Wildman–Crippen LogP) is 4.03. The number of rotatable bonds is 7. The second-order valence-electron chi connectivity index (χ2n) is 8.13. The fourth-order valence-corrected chi connectivity index (χ4v) is 3.89. The van der Waals surface area contributed by atoms with Crippen LogP contribution in [0.15, 0.2) is 10.6 Å². The number of hydrogen-bond acceptors (Lipinski definition) is 5. The molecule has 0 amide bonds. The average molecular weight is 394 g/mol. The molecule has 1 saturated heterocycles. The van der Waals surface area contributed by atoms with Crippen LogP contribution in [-0.2, 0) is 13.6 Å². The van der Waals surface area contributed by atoms with Crippen molar-refractivity contribution in [1.82, 2.24) is 25.2 Å². The summed E-state index contributed by atoms with van der Waals surface area (Å²) in [6, 6.07) is 2.46. The lowest BCUT2D eigenvalue weighted by Gasteiger charge is -2.25. The van der Waals surface area contributed by atoms with E-state index in [-0.39, 0.29) is 0 Å². The van der Waals surface area contributed by atoms with Crippen molar-refractivity contribution in [3.05, 3.63) is 22.5 Å². The van der Waals surface area contributed by atoms with Gasteiger partial charge in [-0.25, -0.2) is 0 Å². The topological polar surface area (TPSA) is 59.1 Å². The van der Waals surface area contributed by atoms with Crippen LogP contribution in [0.25, 0.3) is 11.4 Å². The molecule has 3 heterocycles. The monoisotopic (exact) mass is 393 g/mol. The summed E-state index contributed by atoms with van der Waals surface area (Å²) < 4.78 is 6.98. The Labute approximate surface area is 167 Å². The molecular formula is C20H32ClN5O. The van der Waals surface area contributed by atoms with Crippen molar-refractivity contribution in [3.63, 3.8) is 0 Å². The summed E-state index contributed by atoms with van der Waals surface area (Å²) in [6.45, 7) is 10.5. The minimum Gasteiger partial charge on any atom is -0.361 e. The van der Waals surface area contributed by atoms with E-state index >= 15 is 0 Å².